The van der Waals surface area contributed by atoms with Crippen LogP contribution in [0.1, 0.15) is 45.2 Å². The number of benzene rings is 2. The van der Waals surface area contributed by atoms with E-state index in [1.165, 1.54) is 0 Å². The molecule has 0 bridgehead atoms. The van der Waals surface area contributed by atoms with E-state index in [1.54, 1.807) is 20.3 Å². The maximum atomic E-state index is 13.0. The average molecular weight is 399 g/mol. The van der Waals surface area contributed by atoms with Crippen molar-refractivity contribution in [1.29, 1.82) is 0 Å². The first-order valence-corrected chi connectivity index (χ1v) is 9.84. The molecule has 29 heavy (non-hydrogen) atoms. The maximum absolute atomic E-state index is 13.0. The summed E-state index contributed by atoms with van der Waals surface area (Å²) in [5, 5.41) is 3.15. The van der Waals surface area contributed by atoms with Gasteiger partial charge in [-0.05, 0) is 44.5 Å². The van der Waals surface area contributed by atoms with Gasteiger partial charge in [-0.25, -0.2) is 0 Å². The first kappa shape index (κ1) is 20.8. The highest BCUT2D eigenvalue weighted by atomic mass is 16.5. The van der Waals surface area contributed by atoms with Gasteiger partial charge in [-0.1, -0.05) is 19.1 Å². The van der Waals surface area contributed by atoms with E-state index in [9.17, 15) is 4.79 Å². The molecule has 2 atom stereocenters. The lowest BCUT2D eigenvalue weighted by molar-refractivity contribution is -0.129. The van der Waals surface area contributed by atoms with E-state index in [2.05, 4.69) is 5.32 Å². The van der Waals surface area contributed by atoms with E-state index < -0.39 is 11.7 Å². The maximum Gasteiger partial charge on any atom is 0.261 e. The fourth-order valence-electron chi connectivity index (χ4n) is 3.54. The molecule has 1 aliphatic rings. The number of ether oxygens (including phenoxy) is 4. The molecule has 1 heterocycles. The third-order valence-electron chi connectivity index (χ3n) is 5.00. The number of methoxy groups -OCH3 is 2. The molecule has 6 nitrogen and oxygen atoms in total. The lowest BCUT2D eigenvalue weighted by atomic mass is 9.89. The number of carbonyl (C=O) groups excluding carboxylic acids is 1. The van der Waals surface area contributed by atoms with Gasteiger partial charge in [-0.3, -0.25) is 4.79 Å². The van der Waals surface area contributed by atoms with Crippen LogP contribution in [0.15, 0.2) is 42.5 Å². The Balaban J connectivity index is 1.80. The summed E-state index contributed by atoms with van der Waals surface area (Å²) < 4.78 is 22.7. The number of hydrogen-bond acceptors (Lipinski definition) is 5. The van der Waals surface area contributed by atoms with E-state index in [4.69, 9.17) is 18.9 Å². The van der Waals surface area contributed by atoms with Crippen LogP contribution in [0, 0.1) is 0 Å². The van der Waals surface area contributed by atoms with Crippen LogP contribution < -0.4 is 24.3 Å². The second kappa shape index (κ2) is 8.64. The van der Waals surface area contributed by atoms with E-state index in [1.807, 2.05) is 57.2 Å². The van der Waals surface area contributed by atoms with Crippen LogP contribution in [0.2, 0.25) is 0 Å². The van der Waals surface area contributed by atoms with Gasteiger partial charge in [0, 0.05) is 18.1 Å². The molecule has 1 N–H and O–H groups in total. The topological polar surface area (TPSA) is 66.0 Å². The van der Waals surface area contributed by atoms with Gasteiger partial charge in [-0.2, -0.15) is 0 Å². The molecule has 2 aromatic rings. The lowest BCUT2D eigenvalue weighted by Crippen LogP contribution is -2.45. The van der Waals surface area contributed by atoms with E-state index in [0.29, 0.717) is 24.3 Å². The summed E-state index contributed by atoms with van der Waals surface area (Å²) in [5.41, 5.74) is 0.522. The molecule has 6 heteroatoms. The second-order valence-corrected chi connectivity index (χ2v) is 7.70. The summed E-state index contributed by atoms with van der Waals surface area (Å²) in [4.78, 5) is 13.0. The Kier molecular flexibility index (Phi) is 6.20. The van der Waals surface area contributed by atoms with Crippen LogP contribution >= 0.6 is 0 Å². The molecule has 0 saturated carbocycles. The first-order valence-electron chi connectivity index (χ1n) is 9.84. The zero-order valence-electron chi connectivity index (χ0n) is 17.7. The van der Waals surface area contributed by atoms with Gasteiger partial charge < -0.3 is 24.3 Å². The fourth-order valence-corrected chi connectivity index (χ4v) is 3.54. The first-order chi connectivity index (χ1) is 13.9. The van der Waals surface area contributed by atoms with Crippen molar-refractivity contribution in [2.24, 2.45) is 0 Å². The predicted molar refractivity (Wildman–Crippen MR) is 111 cm³/mol. The van der Waals surface area contributed by atoms with Crippen LogP contribution in [0.4, 0.5) is 0 Å². The number of hydrogen-bond donors (Lipinski definition) is 1. The van der Waals surface area contributed by atoms with Crippen molar-refractivity contribution < 1.29 is 23.7 Å². The number of rotatable bonds is 7. The number of amides is 1. The van der Waals surface area contributed by atoms with Gasteiger partial charge in [0.1, 0.15) is 17.1 Å². The molecule has 2 aromatic carbocycles. The smallest absolute Gasteiger partial charge is 0.261 e. The van der Waals surface area contributed by atoms with Crippen LogP contribution in [-0.4, -0.2) is 31.8 Å². The van der Waals surface area contributed by atoms with Crippen molar-refractivity contribution in [3.63, 3.8) is 0 Å². The average Bonchev–Trinajstić information content (AvgIpc) is 2.70. The highest BCUT2D eigenvalue weighted by molar-refractivity contribution is 5.81. The zero-order chi connectivity index (χ0) is 21.0. The van der Waals surface area contributed by atoms with Gasteiger partial charge in [0.25, 0.3) is 5.91 Å². The lowest BCUT2D eigenvalue weighted by Gasteiger charge is -2.38. The van der Waals surface area contributed by atoms with E-state index in [-0.39, 0.29) is 11.9 Å². The Bertz CT molecular complexity index is 864. The zero-order valence-corrected chi connectivity index (χ0v) is 17.7. The second-order valence-electron chi connectivity index (χ2n) is 7.70. The SMILES string of the molecule is CC[C@H](Oc1ccccc1OC)C(=O)N[C@H]1CC(C)(C)Oc2cc(OC)ccc21. The van der Waals surface area contributed by atoms with Crippen LogP contribution in [0.3, 0.4) is 0 Å². The predicted octanol–water partition coefficient (Wildman–Crippen LogP) is 4.28. The molecule has 1 amide bonds. The molecule has 0 fully saturated rings. The van der Waals surface area contributed by atoms with Crippen molar-refractivity contribution in [2.45, 2.75) is 51.4 Å². The molecule has 0 unspecified atom stereocenters. The van der Waals surface area contributed by atoms with E-state index in [0.717, 1.165) is 17.1 Å². The number of nitrogens with one attached hydrogen (secondary N) is 1. The minimum absolute atomic E-state index is 0.164. The summed E-state index contributed by atoms with van der Waals surface area (Å²) >= 11 is 0. The summed E-state index contributed by atoms with van der Waals surface area (Å²) in [6, 6.07) is 12.8. The molecule has 156 valence electrons. The van der Waals surface area contributed by atoms with Crippen molar-refractivity contribution in [3.8, 4) is 23.0 Å². The normalized spacial score (nSPS) is 18.0. The monoisotopic (exact) mass is 399 g/mol. The largest absolute Gasteiger partial charge is 0.497 e. The fraction of sp³-hybridized carbons (Fsp3) is 0.435. The molecule has 0 spiro atoms. The van der Waals surface area contributed by atoms with Gasteiger partial charge in [-0.15, -0.1) is 0 Å². The number of carbonyl (C=O) groups is 1. The third-order valence-corrected chi connectivity index (χ3v) is 5.00. The Labute approximate surface area is 172 Å². The van der Waals surface area contributed by atoms with Gasteiger partial charge >= 0.3 is 0 Å². The molecular weight excluding hydrogens is 370 g/mol. The minimum Gasteiger partial charge on any atom is -0.497 e. The number of fused-ring (bicyclic) bond motifs is 1. The summed E-state index contributed by atoms with van der Waals surface area (Å²) in [5.74, 6) is 2.43. The summed E-state index contributed by atoms with van der Waals surface area (Å²) in [6.45, 7) is 5.95. The standard InChI is InChI=1S/C23H29NO5/c1-6-18(28-20-10-8-7-9-19(20)27-5)22(25)24-17-14-23(2,3)29-21-13-15(26-4)11-12-16(17)21/h7-13,17-18H,6,14H2,1-5H3,(H,24,25)/t17-,18-/m0/s1. The third kappa shape index (κ3) is 4.75. The Morgan fingerprint density at radius 2 is 1.90 bits per heavy atom. The van der Waals surface area contributed by atoms with Gasteiger partial charge in [0.2, 0.25) is 0 Å². The van der Waals surface area contributed by atoms with Crippen molar-refractivity contribution >= 4 is 5.91 Å². The highest BCUT2D eigenvalue weighted by Gasteiger charge is 2.36. The molecule has 0 radical (unpaired) electrons. The quantitative estimate of drug-likeness (QED) is 0.753. The minimum atomic E-state index is -0.626. The Morgan fingerprint density at radius 3 is 2.55 bits per heavy atom. The van der Waals surface area contributed by atoms with Crippen molar-refractivity contribution in [2.75, 3.05) is 14.2 Å². The molecular formula is C23H29NO5. The molecule has 0 aromatic heterocycles. The van der Waals surface area contributed by atoms with Crippen molar-refractivity contribution in [3.05, 3.63) is 48.0 Å². The van der Waals surface area contributed by atoms with Crippen LogP contribution in [-0.2, 0) is 4.79 Å². The molecule has 0 saturated heterocycles. The van der Waals surface area contributed by atoms with Crippen LogP contribution in [0.5, 0.6) is 23.0 Å². The van der Waals surface area contributed by atoms with E-state index >= 15 is 0 Å². The van der Waals surface area contributed by atoms with Gasteiger partial charge in [0.15, 0.2) is 17.6 Å². The molecule has 3 rings (SSSR count). The molecule has 1 aliphatic heterocycles. The summed E-state index contributed by atoms with van der Waals surface area (Å²) in [6.07, 6.45) is 0.564. The van der Waals surface area contributed by atoms with Crippen molar-refractivity contribution in [1.82, 2.24) is 5.32 Å². The highest BCUT2D eigenvalue weighted by Crippen LogP contribution is 2.41. The molecule has 0 aliphatic carbocycles. The Hall–Kier alpha value is -2.89. The summed E-state index contributed by atoms with van der Waals surface area (Å²) in [7, 11) is 3.20. The van der Waals surface area contributed by atoms with Gasteiger partial charge in [0.05, 0.1) is 20.3 Å². The Morgan fingerprint density at radius 1 is 1.17 bits per heavy atom. The number of para-hydroxylation sites is 2. The van der Waals surface area contributed by atoms with Crippen LogP contribution in [0.25, 0.3) is 0 Å².